The minimum atomic E-state index is 0.506. The fourth-order valence-corrected chi connectivity index (χ4v) is 2.65. The predicted octanol–water partition coefficient (Wildman–Crippen LogP) is 2.07. The molecule has 1 aromatic rings. The van der Waals surface area contributed by atoms with Crippen LogP contribution < -0.4 is 5.32 Å². The Morgan fingerprint density at radius 2 is 2.18 bits per heavy atom. The number of hydrogen-bond donors (Lipinski definition) is 1. The second-order valence-electron chi connectivity index (χ2n) is 5.19. The van der Waals surface area contributed by atoms with E-state index in [1.165, 1.54) is 37.9 Å². The van der Waals surface area contributed by atoms with Gasteiger partial charge in [-0.2, -0.15) is 0 Å². The van der Waals surface area contributed by atoms with Crippen LogP contribution in [0, 0.1) is 5.92 Å². The van der Waals surface area contributed by atoms with Crippen molar-refractivity contribution in [3.8, 4) is 0 Å². The molecule has 0 aliphatic carbocycles. The van der Waals surface area contributed by atoms with Gasteiger partial charge >= 0.3 is 0 Å². The highest BCUT2D eigenvalue weighted by Gasteiger charge is 2.21. The minimum Gasteiger partial charge on any atom is -0.317 e. The molecule has 0 saturated carbocycles. The van der Waals surface area contributed by atoms with Crippen molar-refractivity contribution < 1.29 is 0 Å². The normalized spacial score (nSPS) is 19.5. The highest BCUT2D eigenvalue weighted by molar-refractivity contribution is 5.14. The predicted molar refractivity (Wildman–Crippen MR) is 70.9 cm³/mol. The molecule has 0 amide bonds. The number of rotatable bonds is 4. The lowest BCUT2D eigenvalue weighted by atomic mass is 9.88. The summed E-state index contributed by atoms with van der Waals surface area (Å²) >= 11 is 0. The van der Waals surface area contributed by atoms with E-state index in [0.717, 1.165) is 5.92 Å². The van der Waals surface area contributed by atoms with Gasteiger partial charge in [0.05, 0.1) is 0 Å². The van der Waals surface area contributed by atoms with Crippen molar-refractivity contribution in [2.75, 3.05) is 27.2 Å². The molecule has 3 nitrogen and oxygen atoms in total. The van der Waals surface area contributed by atoms with Crippen LogP contribution in [-0.2, 0) is 0 Å². The highest BCUT2D eigenvalue weighted by Crippen LogP contribution is 2.29. The average molecular weight is 233 g/mol. The van der Waals surface area contributed by atoms with Crippen molar-refractivity contribution in [2.24, 2.45) is 5.92 Å². The third-order valence-electron chi connectivity index (χ3n) is 3.71. The summed E-state index contributed by atoms with van der Waals surface area (Å²) in [5, 5.41) is 3.43. The van der Waals surface area contributed by atoms with Gasteiger partial charge in [0.15, 0.2) is 0 Å². The monoisotopic (exact) mass is 233 g/mol. The van der Waals surface area contributed by atoms with Crippen LogP contribution in [0.15, 0.2) is 24.5 Å². The first-order valence-electron chi connectivity index (χ1n) is 6.54. The molecule has 3 heteroatoms. The van der Waals surface area contributed by atoms with Crippen LogP contribution >= 0.6 is 0 Å². The SMILES string of the molecule is CN(C)C(CC1CCNCC1)c1cccnc1. The van der Waals surface area contributed by atoms with Crippen LogP contribution in [-0.4, -0.2) is 37.1 Å². The molecule has 17 heavy (non-hydrogen) atoms. The molecule has 94 valence electrons. The Bertz CT molecular complexity index is 317. The third-order valence-corrected chi connectivity index (χ3v) is 3.71. The van der Waals surface area contributed by atoms with Gasteiger partial charge in [0.25, 0.3) is 0 Å². The summed E-state index contributed by atoms with van der Waals surface area (Å²) in [5.74, 6) is 0.851. The van der Waals surface area contributed by atoms with Gasteiger partial charge in [-0.3, -0.25) is 4.98 Å². The minimum absolute atomic E-state index is 0.506. The number of pyridine rings is 1. The number of aromatic nitrogens is 1. The van der Waals surface area contributed by atoms with Crippen LogP contribution in [0.4, 0.5) is 0 Å². The third kappa shape index (κ3) is 3.51. The van der Waals surface area contributed by atoms with E-state index in [-0.39, 0.29) is 0 Å². The molecule has 1 saturated heterocycles. The lowest BCUT2D eigenvalue weighted by Gasteiger charge is -2.31. The van der Waals surface area contributed by atoms with Gasteiger partial charge in [-0.15, -0.1) is 0 Å². The van der Waals surface area contributed by atoms with E-state index in [2.05, 4.69) is 35.4 Å². The van der Waals surface area contributed by atoms with Gasteiger partial charge in [0, 0.05) is 18.4 Å². The second-order valence-corrected chi connectivity index (χ2v) is 5.19. The van der Waals surface area contributed by atoms with E-state index in [4.69, 9.17) is 0 Å². The van der Waals surface area contributed by atoms with Crippen molar-refractivity contribution in [1.82, 2.24) is 15.2 Å². The van der Waals surface area contributed by atoms with Crippen LogP contribution in [0.25, 0.3) is 0 Å². The van der Waals surface area contributed by atoms with Crippen LogP contribution in [0.3, 0.4) is 0 Å². The van der Waals surface area contributed by atoms with Crippen LogP contribution in [0.5, 0.6) is 0 Å². The molecule has 1 fully saturated rings. The molecule has 0 aromatic carbocycles. The lowest BCUT2D eigenvalue weighted by molar-refractivity contribution is 0.223. The quantitative estimate of drug-likeness (QED) is 0.863. The van der Waals surface area contributed by atoms with E-state index < -0.39 is 0 Å². The average Bonchev–Trinajstić information content (AvgIpc) is 2.38. The van der Waals surface area contributed by atoms with E-state index >= 15 is 0 Å². The fraction of sp³-hybridized carbons (Fsp3) is 0.643. The molecule has 0 bridgehead atoms. The number of piperidine rings is 1. The Hall–Kier alpha value is -0.930. The van der Waals surface area contributed by atoms with Crippen molar-refractivity contribution in [3.63, 3.8) is 0 Å². The summed E-state index contributed by atoms with van der Waals surface area (Å²) < 4.78 is 0. The van der Waals surface area contributed by atoms with Gasteiger partial charge in [-0.05, 0) is 64.0 Å². The van der Waals surface area contributed by atoms with Gasteiger partial charge < -0.3 is 10.2 Å². The summed E-state index contributed by atoms with van der Waals surface area (Å²) in [5.41, 5.74) is 1.34. The van der Waals surface area contributed by atoms with Crippen molar-refractivity contribution >= 4 is 0 Å². The standard InChI is InChI=1S/C14H23N3/c1-17(2)14(13-4-3-7-16-11-13)10-12-5-8-15-9-6-12/h3-4,7,11-12,14-15H,5-6,8-10H2,1-2H3. The molecule has 2 rings (SSSR count). The Balaban J connectivity index is 2.02. The zero-order valence-electron chi connectivity index (χ0n) is 10.9. The maximum Gasteiger partial charge on any atom is 0.0359 e. The van der Waals surface area contributed by atoms with Crippen LogP contribution in [0.2, 0.25) is 0 Å². The van der Waals surface area contributed by atoms with E-state index in [1.54, 1.807) is 0 Å². The molecule has 1 aliphatic rings. The Kier molecular flexibility index (Phi) is 4.51. The topological polar surface area (TPSA) is 28.2 Å². The highest BCUT2D eigenvalue weighted by atomic mass is 15.1. The molecule has 1 unspecified atom stereocenters. The first kappa shape index (κ1) is 12.5. The van der Waals surface area contributed by atoms with Crippen molar-refractivity contribution in [1.29, 1.82) is 0 Å². The summed E-state index contributed by atoms with van der Waals surface area (Å²) in [6.07, 6.45) is 7.72. The fourth-order valence-electron chi connectivity index (χ4n) is 2.65. The number of nitrogens with zero attached hydrogens (tertiary/aromatic N) is 2. The van der Waals surface area contributed by atoms with E-state index in [0.29, 0.717) is 6.04 Å². The molecule has 1 aromatic heterocycles. The number of nitrogens with one attached hydrogen (secondary N) is 1. The van der Waals surface area contributed by atoms with Gasteiger partial charge in [-0.1, -0.05) is 6.07 Å². The van der Waals surface area contributed by atoms with Gasteiger partial charge in [0.1, 0.15) is 0 Å². The smallest absolute Gasteiger partial charge is 0.0359 e. The molecule has 1 N–H and O–H groups in total. The second kappa shape index (κ2) is 6.12. The number of hydrogen-bond acceptors (Lipinski definition) is 3. The van der Waals surface area contributed by atoms with Crippen molar-refractivity contribution in [3.05, 3.63) is 30.1 Å². The molecular formula is C14H23N3. The summed E-state index contributed by atoms with van der Waals surface area (Å²) in [6.45, 7) is 2.36. The van der Waals surface area contributed by atoms with E-state index in [9.17, 15) is 0 Å². The van der Waals surface area contributed by atoms with Crippen LogP contribution in [0.1, 0.15) is 30.9 Å². The Morgan fingerprint density at radius 3 is 2.76 bits per heavy atom. The summed E-state index contributed by atoms with van der Waals surface area (Å²) in [4.78, 5) is 6.56. The molecular weight excluding hydrogens is 210 g/mol. The molecule has 1 atom stereocenters. The first-order chi connectivity index (χ1) is 8.27. The maximum absolute atomic E-state index is 4.24. The lowest BCUT2D eigenvalue weighted by Crippen LogP contribution is -2.31. The maximum atomic E-state index is 4.24. The zero-order chi connectivity index (χ0) is 12.1. The zero-order valence-corrected chi connectivity index (χ0v) is 10.9. The Labute approximate surface area is 104 Å². The first-order valence-corrected chi connectivity index (χ1v) is 6.54. The van der Waals surface area contributed by atoms with E-state index in [1.807, 2.05) is 18.5 Å². The van der Waals surface area contributed by atoms with Gasteiger partial charge in [0.2, 0.25) is 0 Å². The molecule has 2 heterocycles. The summed E-state index contributed by atoms with van der Waals surface area (Å²) in [7, 11) is 4.33. The van der Waals surface area contributed by atoms with Gasteiger partial charge in [-0.25, -0.2) is 0 Å². The van der Waals surface area contributed by atoms with Crippen molar-refractivity contribution in [2.45, 2.75) is 25.3 Å². The molecule has 0 radical (unpaired) electrons. The molecule has 0 spiro atoms. The largest absolute Gasteiger partial charge is 0.317 e. The molecule has 1 aliphatic heterocycles. The Morgan fingerprint density at radius 1 is 1.41 bits per heavy atom. The summed E-state index contributed by atoms with van der Waals surface area (Å²) in [6, 6.07) is 4.74.